The number of amides is 1. The fourth-order valence-corrected chi connectivity index (χ4v) is 5.01. The van der Waals surface area contributed by atoms with Gasteiger partial charge in [-0.3, -0.25) is 14.5 Å². The number of hydrogen-bond donors (Lipinski definition) is 2. The number of Topliss-reactive ketones (excluding diaryl/α,β-unsaturated/α-hetero) is 2. The van der Waals surface area contributed by atoms with Gasteiger partial charge in [0.15, 0.2) is 11.5 Å². The molecule has 0 aromatic heterocycles. The van der Waals surface area contributed by atoms with Crippen LogP contribution in [-0.4, -0.2) is 90.9 Å². The van der Waals surface area contributed by atoms with Crippen LogP contribution in [-0.2, 0) is 23.8 Å². The Bertz CT molecular complexity index is 835. The minimum Gasteiger partial charge on any atom is -0.487 e. The molecule has 1 amide bonds. The summed E-state index contributed by atoms with van der Waals surface area (Å²) in [5.74, 6) is -1.56. The van der Waals surface area contributed by atoms with Crippen LogP contribution in [0.3, 0.4) is 0 Å². The summed E-state index contributed by atoms with van der Waals surface area (Å²) in [5, 5.41) is 9.04. The van der Waals surface area contributed by atoms with E-state index in [0.29, 0.717) is 6.54 Å². The lowest BCUT2D eigenvalue weighted by Gasteiger charge is -2.40. The Labute approximate surface area is 161 Å². The molecule has 10 heteroatoms. The monoisotopic (exact) mass is 393 g/mol. The maximum Gasteiger partial charge on any atom is 0.404 e. The number of fused-ring (bicyclic) bond motifs is 4. The maximum atomic E-state index is 13.3. The summed E-state index contributed by atoms with van der Waals surface area (Å²) < 4.78 is 16.4. The highest BCUT2D eigenvalue weighted by molar-refractivity contribution is 6.25. The average molecular weight is 393 g/mol. The second-order valence-electron chi connectivity index (χ2n) is 7.37. The van der Waals surface area contributed by atoms with Crippen molar-refractivity contribution >= 4 is 17.7 Å². The fourth-order valence-electron chi connectivity index (χ4n) is 5.01. The van der Waals surface area contributed by atoms with Crippen LogP contribution in [0.2, 0.25) is 0 Å². The number of aliphatic hydroxyl groups excluding tert-OH is 1. The quantitative estimate of drug-likeness (QED) is 0.419. The number of carbonyl (C=O) groups excluding carboxylic acids is 3. The predicted octanol–water partition coefficient (Wildman–Crippen LogP) is -1.26. The summed E-state index contributed by atoms with van der Waals surface area (Å²) in [6.45, 7) is 1.46. The van der Waals surface area contributed by atoms with Crippen LogP contribution < -0.4 is 5.73 Å². The highest BCUT2D eigenvalue weighted by Gasteiger charge is 2.75. The number of primary amides is 1. The van der Waals surface area contributed by atoms with E-state index in [2.05, 4.69) is 4.90 Å². The van der Waals surface area contributed by atoms with E-state index in [1.807, 2.05) is 11.9 Å². The van der Waals surface area contributed by atoms with Crippen LogP contribution in [0.15, 0.2) is 22.6 Å². The number of likely N-dealkylation sites (N-methyl/N-ethyl adjacent to an activating group) is 1. The molecule has 4 rings (SSSR count). The van der Waals surface area contributed by atoms with E-state index in [1.165, 1.54) is 14.0 Å². The number of methoxy groups -OCH3 is 1. The summed E-state index contributed by atoms with van der Waals surface area (Å²) in [6, 6.07) is 0.136. The third-order valence-electron chi connectivity index (χ3n) is 6.23. The Balaban J connectivity index is 1.80. The fraction of sp³-hybridized carbons (Fsp3) is 0.611. The van der Waals surface area contributed by atoms with Crippen molar-refractivity contribution in [2.75, 3.05) is 40.5 Å². The van der Waals surface area contributed by atoms with E-state index in [4.69, 9.17) is 25.1 Å². The van der Waals surface area contributed by atoms with Gasteiger partial charge in [0, 0.05) is 30.8 Å². The number of ketones is 2. The number of allylic oxidation sites excluding steroid dienone is 2. The molecule has 0 aromatic carbocycles. The van der Waals surface area contributed by atoms with Crippen molar-refractivity contribution in [3.8, 4) is 0 Å². The molecular formula is C18H23N3O7. The summed E-state index contributed by atoms with van der Waals surface area (Å²) in [4.78, 5) is 41.6. The smallest absolute Gasteiger partial charge is 0.404 e. The van der Waals surface area contributed by atoms with Gasteiger partial charge in [0.25, 0.3) is 0 Å². The molecular weight excluding hydrogens is 370 g/mol. The largest absolute Gasteiger partial charge is 0.487 e. The van der Waals surface area contributed by atoms with Gasteiger partial charge in [-0.15, -0.1) is 0 Å². The zero-order valence-electron chi connectivity index (χ0n) is 15.9. The van der Waals surface area contributed by atoms with Crippen LogP contribution in [0.5, 0.6) is 0 Å². The minimum atomic E-state index is -1.00. The third kappa shape index (κ3) is 2.22. The number of hydrogen-bond acceptors (Lipinski definition) is 9. The second-order valence-corrected chi connectivity index (χ2v) is 7.37. The molecule has 0 saturated carbocycles. The van der Waals surface area contributed by atoms with Gasteiger partial charge in [0.1, 0.15) is 13.2 Å². The van der Waals surface area contributed by atoms with Gasteiger partial charge in [-0.25, -0.2) is 4.79 Å². The molecule has 2 fully saturated rings. The molecule has 152 valence electrons. The first-order valence-corrected chi connectivity index (χ1v) is 9.06. The zero-order valence-corrected chi connectivity index (χ0v) is 15.9. The molecule has 1 aliphatic carbocycles. The Kier molecular flexibility index (Phi) is 4.25. The molecule has 3 heterocycles. The average Bonchev–Trinajstić information content (AvgIpc) is 3.04. The van der Waals surface area contributed by atoms with E-state index in [1.54, 1.807) is 0 Å². The normalized spacial score (nSPS) is 35.8. The molecule has 4 unspecified atom stereocenters. The van der Waals surface area contributed by atoms with Crippen LogP contribution in [0.25, 0.3) is 0 Å². The number of rotatable bonds is 6. The number of nitrogens with zero attached hydrogens (tertiary/aromatic N) is 2. The first kappa shape index (κ1) is 18.9. The van der Waals surface area contributed by atoms with Crippen molar-refractivity contribution in [2.45, 2.75) is 24.7 Å². The Morgan fingerprint density at radius 1 is 1.36 bits per heavy atom. The SMILES string of the molecule is CO[C@@]12C(COC(N)=O)C3=C(C(=O)C(C)=C(OCCO)C3=O)N1CC1C2N1C. The lowest BCUT2D eigenvalue weighted by molar-refractivity contribution is -0.144. The van der Waals surface area contributed by atoms with Crippen LogP contribution in [0.4, 0.5) is 4.79 Å². The van der Waals surface area contributed by atoms with Crippen molar-refractivity contribution in [1.82, 2.24) is 9.80 Å². The second kappa shape index (κ2) is 6.29. The van der Waals surface area contributed by atoms with Crippen LogP contribution in [0.1, 0.15) is 6.92 Å². The van der Waals surface area contributed by atoms with E-state index in [0.717, 1.165) is 0 Å². The Morgan fingerprint density at radius 2 is 2.07 bits per heavy atom. The lowest BCUT2D eigenvalue weighted by atomic mass is 9.83. The van der Waals surface area contributed by atoms with Crippen molar-refractivity contribution in [1.29, 1.82) is 0 Å². The summed E-state index contributed by atoms with van der Waals surface area (Å²) in [5.41, 5.74) is 4.83. The number of carbonyl (C=O) groups is 3. The molecule has 0 radical (unpaired) electrons. The van der Waals surface area contributed by atoms with E-state index < -0.39 is 23.5 Å². The van der Waals surface area contributed by atoms with E-state index in [9.17, 15) is 14.4 Å². The van der Waals surface area contributed by atoms with E-state index in [-0.39, 0.29) is 60.3 Å². The first-order valence-electron chi connectivity index (χ1n) is 9.06. The molecule has 10 nitrogen and oxygen atoms in total. The van der Waals surface area contributed by atoms with Gasteiger partial charge in [-0.1, -0.05) is 0 Å². The van der Waals surface area contributed by atoms with Crippen molar-refractivity contribution in [3.05, 3.63) is 22.6 Å². The third-order valence-corrected chi connectivity index (χ3v) is 6.23. The van der Waals surface area contributed by atoms with Crippen molar-refractivity contribution in [3.63, 3.8) is 0 Å². The number of ether oxygens (including phenoxy) is 3. The number of aliphatic hydroxyl groups is 1. The molecule has 0 bridgehead atoms. The molecule has 4 aliphatic rings. The lowest BCUT2D eigenvalue weighted by Crippen LogP contribution is -2.55. The van der Waals surface area contributed by atoms with Gasteiger partial charge in [0.2, 0.25) is 11.6 Å². The van der Waals surface area contributed by atoms with Gasteiger partial charge in [-0.2, -0.15) is 0 Å². The Hall–Kier alpha value is -2.43. The summed E-state index contributed by atoms with van der Waals surface area (Å²) in [7, 11) is 3.47. The Morgan fingerprint density at radius 3 is 2.68 bits per heavy atom. The van der Waals surface area contributed by atoms with Crippen molar-refractivity contribution < 1.29 is 33.7 Å². The molecule has 3 aliphatic heterocycles. The molecule has 2 saturated heterocycles. The molecule has 5 atom stereocenters. The highest BCUT2D eigenvalue weighted by atomic mass is 16.6. The standard InChI is InChI=1S/C18H23N3O7/c1-8-13(23)12-11(14(24)15(8)27-5-4-22)9(7-28-17(19)25)18(26-3)16-10(20(16)2)6-21(12)18/h9-10,16,22H,4-7H2,1-3H3,(H2,19,25)/t9?,10?,16?,18-,20?/m1/s1. The number of piperazine rings is 1. The summed E-state index contributed by atoms with van der Waals surface area (Å²) >= 11 is 0. The van der Waals surface area contributed by atoms with Gasteiger partial charge in [0.05, 0.1) is 24.3 Å². The summed E-state index contributed by atoms with van der Waals surface area (Å²) in [6.07, 6.45) is -0.969. The van der Waals surface area contributed by atoms with Crippen molar-refractivity contribution in [2.24, 2.45) is 11.7 Å². The molecule has 0 aromatic rings. The van der Waals surface area contributed by atoms with Crippen LogP contribution >= 0.6 is 0 Å². The molecule has 0 spiro atoms. The highest BCUT2D eigenvalue weighted by Crippen LogP contribution is 2.59. The first-order chi connectivity index (χ1) is 13.3. The van der Waals surface area contributed by atoms with E-state index >= 15 is 0 Å². The van der Waals surface area contributed by atoms with Gasteiger partial charge in [-0.05, 0) is 14.0 Å². The molecule has 28 heavy (non-hydrogen) atoms. The zero-order chi connectivity index (χ0) is 20.4. The van der Waals surface area contributed by atoms with Gasteiger partial charge >= 0.3 is 6.09 Å². The predicted molar refractivity (Wildman–Crippen MR) is 93.6 cm³/mol. The van der Waals surface area contributed by atoms with Crippen LogP contribution in [0, 0.1) is 5.92 Å². The maximum absolute atomic E-state index is 13.3. The van der Waals surface area contributed by atoms with Gasteiger partial charge < -0.3 is 30.0 Å². The molecule has 3 N–H and O–H groups in total. The topological polar surface area (TPSA) is 131 Å². The minimum absolute atomic E-state index is 0.0488. The number of nitrogens with two attached hydrogens (primary N) is 1.